The van der Waals surface area contributed by atoms with Crippen LogP contribution in [0.4, 0.5) is 18.9 Å². The molecule has 0 saturated heterocycles. The first-order chi connectivity index (χ1) is 7.44. The molecule has 0 saturated carbocycles. The molecule has 1 aromatic rings. The van der Waals surface area contributed by atoms with E-state index in [-0.39, 0.29) is 13.2 Å². The zero-order valence-corrected chi connectivity index (χ0v) is 8.83. The second-order valence-corrected chi connectivity index (χ2v) is 3.45. The van der Waals surface area contributed by atoms with Crippen molar-refractivity contribution < 1.29 is 18.3 Å². The van der Waals surface area contributed by atoms with Gasteiger partial charge in [0.1, 0.15) is 0 Å². The van der Waals surface area contributed by atoms with Gasteiger partial charge in [0, 0.05) is 25.4 Å². The number of halogens is 3. The third-order valence-corrected chi connectivity index (χ3v) is 2.20. The van der Waals surface area contributed by atoms with Crippen LogP contribution in [0.2, 0.25) is 0 Å². The van der Waals surface area contributed by atoms with Crippen LogP contribution >= 0.6 is 0 Å². The van der Waals surface area contributed by atoms with E-state index in [0.29, 0.717) is 11.3 Å². The molecule has 0 unspecified atom stereocenters. The minimum absolute atomic E-state index is 0.151. The maximum absolute atomic E-state index is 12.0. The van der Waals surface area contributed by atoms with Crippen molar-refractivity contribution >= 4 is 5.69 Å². The molecule has 90 valence electrons. The fourth-order valence-electron chi connectivity index (χ4n) is 1.31. The second kappa shape index (κ2) is 5.16. The van der Waals surface area contributed by atoms with E-state index in [0.717, 1.165) is 0 Å². The number of alkyl halides is 3. The van der Waals surface area contributed by atoms with Gasteiger partial charge in [-0.1, -0.05) is 0 Å². The molecule has 0 spiro atoms. The van der Waals surface area contributed by atoms with Crippen LogP contribution < -0.4 is 4.90 Å². The summed E-state index contributed by atoms with van der Waals surface area (Å²) in [7, 11) is 1.54. The lowest BCUT2D eigenvalue weighted by molar-refractivity contribution is -0.132. The lowest BCUT2D eigenvalue weighted by Crippen LogP contribution is -2.25. The zero-order chi connectivity index (χ0) is 12.2. The third-order valence-electron chi connectivity index (χ3n) is 2.20. The van der Waals surface area contributed by atoms with Gasteiger partial charge in [-0.15, -0.1) is 0 Å². The van der Waals surface area contributed by atoms with Crippen molar-refractivity contribution in [3.8, 4) is 0 Å². The van der Waals surface area contributed by atoms with Gasteiger partial charge in [0.2, 0.25) is 0 Å². The quantitative estimate of drug-likeness (QED) is 0.865. The minimum atomic E-state index is -4.17. The van der Waals surface area contributed by atoms with Gasteiger partial charge >= 0.3 is 6.18 Å². The second-order valence-electron chi connectivity index (χ2n) is 3.45. The van der Waals surface area contributed by atoms with Gasteiger partial charge in [0.25, 0.3) is 0 Å². The van der Waals surface area contributed by atoms with E-state index < -0.39 is 12.6 Å². The first kappa shape index (κ1) is 12.8. The first-order valence-electron chi connectivity index (χ1n) is 4.75. The van der Waals surface area contributed by atoms with Crippen molar-refractivity contribution in [3.05, 3.63) is 24.0 Å². The Morgan fingerprint density at radius 3 is 2.69 bits per heavy atom. The number of rotatable bonds is 4. The van der Waals surface area contributed by atoms with Crippen molar-refractivity contribution in [1.82, 2.24) is 4.98 Å². The van der Waals surface area contributed by atoms with Crippen LogP contribution in [0, 0.1) is 0 Å². The zero-order valence-electron chi connectivity index (χ0n) is 8.83. The Labute approximate surface area is 91.5 Å². The van der Waals surface area contributed by atoms with Gasteiger partial charge in [-0.25, -0.2) is 0 Å². The van der Waals surface area contributed by atoms with E-state index in [1.807, 2.05) is 0 Å². The number of anilines is 1. The smallest absolute Gasteiger partial charge is 0.390 e. The molecule has 0 aliphatic carbocycles. The molecule has 16 heavy (non-hydrogen) atoms. The van der Waals surface area contributed by atoms with Crippen molar-refractivity contribution in [2.75, 3.05) is 18.5 Å². The summed E-state index contributed by atoms with van der Waals surface area (Å²) in [6.07, 6.45) is -2.12. The molecule has 1 rings (SSSR count). The molecule has 3 nitrogen and oxygen atoms in total. The molecule has 0 aromatic carbocycles. The predicted molar refractivity (Wildman–Crippen MR) is 54.1 cm³/mol. The van der Waals surface area contributed by atoms with Crippen LogP contribution in [-0.2, 0) is 6.61 Å². The molecule has 1 heterocycles. The Bertz CT molecular complexity index is 341. The molecule has 6 heteroatoms. The van der Waals surface area contributed by atoms with Crippen molar-refractivity contribution in [2.24, 2.45) is 0 Å². The highest BCUT2D eigenvalue weighted by Crippen LogP contribution is 2.23. The lowest BCUT2D eigenvalue weighted by Gasteiger charge is -2.21. The third kappa shape index (κ3) is 3.69. The van der Waals surface area contributed by atoms with Gasteiger partial charge in [-0.05, 0) is 6.07 Å². The van der Waals surface area contributed by atoms with Crippen LogP contribution in [0.5, 0.6) is 0 Å². The number of aromatic nitrogens is 1. The van der Waals surface area contributed by atoms with Crippen molar-refractivity contribution in [1.29, 1.82) is 0 Å². The minimum Gasteiger partial charge on any atom is -0.392 e. The number of aliphatic hydroxyl groups excluding tert-OH is 1. The molecule has 0 radical (unpaired) electrons. The van der Waals surface area contributed by atoms with Crippen LogP contribution in [0.25, 0.3) is 0 Å². The topological polar surface area (TPSA) is 36.4 Å². The van der Waals surface area contributed by atoms with Crippen LogP contribution in [0.15, 0.2) is 18.5 Å². The monoisotopic (exact) mass is 234 g/mol. The number of hydrogen-bond acceptors (Lipinski definition) is 3. The highest BCUT2D eigenvalue weighted by atomic mass is 19.4. The molecule has 0 amide bonds. The molecule has 0 atom stereocenters. The highest BCUT2D eigenvalue weighted by Gasteiger charge is 2.27. The van der Waals surface area contributed by atoms with E-state index in [2.05, 4.69) is 4.98 Å². The largest absolute Gasteiger partial charge is 0.392 e. The summed E-state index contributed by atoms with van der Waals surface area (Å²) >= 11 is 0. The molecule has 1 N–H and O–H groups in total. The number of pyridine rings is 1. The molecule has 0 aliphatic heterocycles. The number of aliphatic hydroxyl groups is 1. The summed E-state index contributed by atoms with van der Waals surface area (Å²) in [6.45, 7) is -0.365. The predicted octanol–water partition coefficient (Wildman–Crippen LogP) is 1.96. The Balaban J connectivity index is 2.69. The Morgan fingerprint density at radius 2 is 2.12 bits per heavy atom. The fourth-order valence-corrected chi connectivity index (χ4v) is 1.31. The summed E-state index contributed by atoms with van der Waals surface area (Å²) in [4.78, 5) is 5.26. The molecular formula is C10H13F3N2O. The highest BCUT2D eigenvalue weighted by molar-refractivity contribution is 5.50. The summed E-state index contributed by atoms with van der Waals surface area (Å²) in [5.74, 6) is 0. The van der Waals surface area contributed by atoms with Gasteiger partial charge in [0.15, 0.2) is 0 Å². The SMILES string of the molecule is CN(CCC(F)(F)F)c1cnccc1CO. The van der Waals surface area contributed by atoms with E-state index in [9.17, 15) is 13.2 Å². The molecule has 0 fully saturated rings. The van der Waals surface area contributed by atoms with Crippen molar-refractivity contribution in [2.45, 2.75) is 19.2 Å². The molecule has 0 aliphatic rings. The Kier molecular flexibility index (Phi) is 4.12. The Morgan fingerprint density at radius 1 is 1.44 bits per heavy atom. The number of nitrogens with zero attached hydrogens (tertiary/aromatic N) is 2. The van der Waals surface area contributed by atoms with E-state index in [4.69, 9.17) is 5.11 Å². The maximum atomic E-state index is 12.0. The van der Waals surface area contributed by atoms with Gasteiger partial charge in [-0.2, -0.15) is 13.2 Å². The van der Waals surface area contributed by atoms with E-state index in [1.165, 1.54) is 17.3 Å². The summed E-state index contributed by atoms with van der Waals surface area (Å²) in [5.41, 5.74) is 1.09. The number of hydrogen-bond donors (Lipinski definition) is 1. The van der Waals surface area contributed by atoms with Crippen LogP contribution in [0.1, 0.15) is 12.0 Å². The molecular weight excluding hydrogens is 221 g/mol. The van der Waals surface area contributed by atoms with Gasteiger partial charge in [0.05, 0.1) is 24.9 Å². The standard InChI is InChI=1S/C10H13F3N2O/c1-15(5-3-10(11,12)13)9-6-14-4-2-8(9)7-16/h2,4,6,16H,3,5,7H2,1H3. The maximum Gasteiger partial charge on any atom is 0.390 e. The molecule has 1 aromatic heterocycles. The lowest BCUT2D eigenvalue weighted by atomic mass is 10.2. The summed E-state index contributed by atoms with van der Waals surface area (Å²) in [6, 6.07) is 1.58. The Hall–Kier alpha value is -1.30. The summed E-state index contributed by atoms with van der Waals surface area (Å²) in [5, 5.41) is 9.02. The van der Waals surface area contributed by atoms with E-state index in [1.54, 1.807) is 13.1 Å². The average molecular weight is 234 g/mol. The van der Waals surface area contributed by atoms with Crippen molar-refractivity contribution in [3.63, 3.8) is 0 Å². The fraction of sp³-hybridized carbons (Fsp3) is 0.500. The first-order valence-corrected chi connectivity index (χ1v) is 4.75. The van der Waals surface area contributed by atoms with E-state index >= 15 is 0 Å². The average Bonchev–Trinajstić information content (AvgIpc) is 2.25. The van der Waals surface area contributed by atoms with Crippen LogP contribution in [0.3, 0.4) is 0 Å². The normalized spacial score (nSPS) is 11.6. The summed E-state index contributed by atoms with van der Waals surface area (Å²) < 4.78 is 36.1. The van der Waals surface area contributed by atoms with Gasteiger partial charge in [-0.3, -0.25) is 4.98 Å². The molecule has 0 bridgehead atoms. The van der Waals surface area contributed by atoms with Crippen LogP contribution in [-0.4, -0.2) is 29.9 Å². The van der Waals surface area contributed by atoms with Gasteiger partial charge < -0.3 is 10.0 Å².